The summed E-state index contributed by atoms with van der Waals surface area (Å²) < 4.78 is 61.0. The van der Waals surface area contributed by atoms with E-state index in [-0.39, 0.29) is 16.4 Å². The molecule has 0 aliphatic carbocycles. The van der Waals surface area contributed by atoms with Gasteiger partial charge in [0.05, 0.1) is 29.6 Å². The zero-order valence-corrected chi connectivity index (χ0v) is 19.6. The SMILES string of the molecule is CS(=O)(=O)c1ccc(OCCCOn2nnc3ccc(S(=O)(=O)N4CCOCC4)cc32)cc1. The number of rotatable bonds is 9. The maximum atomic E-state index is 12.9. The monoisotopic (exact) mass is 496 g/mol. The quantitative estimate of drug-likeness (QED) is 0.394. The molecule has 4 rings (SSSR count). The van der Waals surface area contributed by atoms with Crippen molar-refractivity contribution in [3.8, 4) is 5.75 Å². The second kappa shape index (κ2) is 9.63. The van der Waals surface area contributed by atoms with Crippen molar-refractivity contribution in [2.75, 3.05) is 45.8 Å². The van der Waals surface area contributed by atoms with Crippen LogP contribution in [0.3, 0.4) is 0 Å². The van der Waals surface area contributed by atoms with Crippen LogP contribution < -0.4 is 9.57 Å². The normalized spacial score (nSPS) is 15.5. The zero-order valence-electron chi connectivity index (χ0n) is 18.0. The molecule has 0 bridgehead atoms. The van der Waals surface area contributed by atoms with Crippen molar-refractivity contribution >= 4 is 30.9 Å². The molecule has 0 unspecified atom stereocenters. The highest BCUT2D eigenvalue weighted by Crippen LogP contribution is 2.21. The summed E-state index contributed by atoms with van der Waals surface area (Å²) in [6.45, 7) is 1.94. The van der Waals surface area contributed by atoms with Crippen LogP contribution in [0.4, 0.5) is 0 Å². The van der Waals surface area contributed by atoms with E-state index in [0.717, 1.165) is 6.26 Å². The van der Waals surface area contributed by atoms with Crippen LogP contribution in [0, 0.1) is 0 Å². The van der Waals surface area contributed by atoms with Crippen LogP contribution in [-0.2, 0) is 24.6 Å². The average molecular weight is 497 g/mol. The lowest BCUT2D eigenvalue weighted by atomic mass is 10.3. The van der Waals surface area contributed by atoms with Gasteiger partial charge in [-0.1, -0.05) is 4.85 Å². The molecule has 33 heavy (non-hydrogen) atoms. The van der Waals surface area contributed by atoms with Gasteiger partial charge in [0.25, 0.3) is 0 Å². The van der Waals surface area contributed by atoms with Gasteiger partial charge in [-0.3, -0.25) is 0 Å². The molecule has 1 aliphatic rings. The van der Waals surface area contributed by atoms with Gasteiger partial charge < -0.3 is 14.3 Å². The molecular formula is C20H24N4O7S2. The highest BCUT2D eigenvalue weighted by Gasteiger charge is 2.27. The third-order valence-corrected chi connectivity index (χ3v) is 8.04. The molecule has 0 spiro atoms. The fourth-order valence-corrected chi connectivity index (χ4v) is 5.31. The molecule has 0 N–H and O–H groups in total. The van der Waals surface area contributed by atoms with E-state index in [1.807, 2.05) is 0 Å². The Bertz CT molecular complexity index is 1320. The smallest absolute Gasteiger partial charge is 0.243 e. The maximum Gasteiger partial charge on any atom is 0.243 e. The number of ether oxygens (including phenoxy) is 2. The minimum Gasteiger partial charge on any atom is -0.493 e. The molecule has 1 aromatic heterocycles. The molecule has 0 radical (unpaired) electrons. The second-order valence-electron chi connectivity index (χ2n) is 7.41. The fraction of sp³-hybridized carbons (Fsp3) is 0.400. The fourth-order valence-electron chi connectivity index (χ4n) is 3.25. The summed E-state index contributed by atoms with van der Waals surface area (Å²) in [7, 11) is -6.90. The second-order valence-corrected chi connectivity index (χ2v) is 11.4. The first-order chi connectivity index (χ1) is 15.7. The average Bonchev–Trinajstić information content (AvgIpc) is 3.21. The summed E-state index contributed by atoms with van der Waals surface area (Å²) in [6.07, 6.45) is 1.66. The Balaban J connectivity index is 1.35. The van der Waals surface area contributed by atoms with Gasteiger partial charge in [0.2, 0.25) is 10.0 Å². The third kappa shape index (κ3) is 5.43. The predicted molar refractivity (Wildman–Crippen MR) is 118 cm³/mol. The lowest BCUT2D eigenvalue weighted by Crippen LogP contribution is -2.40. The first-order valence-corrected chi connectivity index (χ1v) is 13.6. The Labute approximate surface area is 191 Å². The van der Waals surface area contributed by atoms with Crippen LogP contribution in [0.1, 0.15) is 6.42 Å². The van der Waals surface area contributed by atoms with E-state index in [9.17, 15) is 16.8 Å². The lowest BCUT2D eigenvalue weighted by Gasteiger charge is -2.26. The highest BCUT2D eigenvalue weighted by atomic mass is 32.2. The van der Waals surface area contributed by atoms with Gasteiger partial charge >= 0.3 is 0 Å². The van der Waals surface area contributed by atoms with Crippen LogP contribution >= 0.6 is 0 Å². The van der Waals surface area contributed by atoms with Gasteiger partial charge in [0.15, 0.2) is 9.84 Å². The molecule has 11 nitrogen and oxygen atoms in total. The number of hydrogen-bond acceptors (Lipinski definition) is 9. The van der Waals surface area contributed by atoms with Crippen LogP contribution in [0.25, 0.3) is 11.0 Å². The molecule has 2 aromatic carbocycles. The molecule has 1 saturated heterocycles. The standard InChI is InChI=1S/C20H24N4O7S2/c1-32(25,26)17-5-3-16(4-6-17)30-11-2-12-31-24-20-15-18(7-8-19(20)21-22-24)33(27,28)23-9-13-29-14-10-23/h3-8,15H,2,9-14H2,1H3. The van der Waals surface area contributed by atoms with E-state index in [0.29, 0.717) is 56.1 Å². The van der Waals surface area contributed by atoms with Gasteiger partial charge in [0.1, 0.15) is 23.4 Å². The van der Waals surface area contributed by atoms with Crippen molar-refractivity contribution in [1.29, 1.82) is 0 Å². The topological polar surface area (TPSA) is 130 Å². The van der Waals surface area contributed by atoms with Crippen LogP contribution in [-0.4, -0.2) is 82.1 Å². The van der Waals surface area contributed by atoms with E-state index in [1.54, 1.807) is 18.2 Å². The van der Waals surface area contributed by atoms with Crippen molar-refractivity contribution in [2.45, 2.75) is 16.2 Å². The molecule has 1 fully saturated rings. The zero-order chi connectivity index (χ0) is 23.5. The number of hydrogen-bond donors (Lipinski definition) is 0. The lowest BCUT2D eigenvalue weighted by molar-refractivity contribution is 0.0730. The molecule has 13 heteroatoms. The molecule has 0 saturated carbocycles. The molecule has 0 amide bonds. The third-order valence-electron chi connectivity index (χ3n) is 5.02. The molecule has 0 atom stereocenters. The van der Waals surface area contributed by atoms with Gasteiger partial charge in [-0.25, -0.2) is 16.8 Å². The van der Waals surface area contributed by atoms with E-state index >= 15 is 0 Å². The van der Waals surface area contributed by atoms with E-state index in [2.05, 4.69) is 10.3 Å². The number of sulfonamides is 1. The Morgan fingerprint density at radius 1 is 0.970 bits per heavy atom. The Hall–Kier alpha value is -2.74. The first-order valence-electron chi connectivity index (χ1n) is 10.2. The largest absolute Gasteiger partial charge is 0.493 e. The number of sulfone groups is 1. The summed E-state index contributed by atoms with van der Waals surface area (Å²) in [5, 5.41) is 7.95. The number of benzene rings is 2. The predicted octanol–water partition coefficient (Wildman–Crippen LogP) is 0.753. The maximum absolute atomic E-state index is 12.9. The molecule has 2 heterocycles. The molecular weight excluding hydrogens is 472 g/mol. The summed E-state index contributed by atoms with van der Waals surface area (Å²) in [6, 6.07) is 10.8. The van der Waals surface area contributed by atoms with Gasteiger partial charge in [0, 0.05) is 25.8 Å². The molecule has 3 aromatic rings. The van der Waals surface area contributed by atoms with E-state index in [4.69, 9.17) is 14.3 Å². The minimum atomic E-state index is -3.65. The number of nitrogens with zero attached hydrogens (tertiary/aromatic N) is 4. The molecule has 1 aliphatic heterocycles. The van der Waals surface area contributed by atoms with Crippen LogP contribution in [0.2, 0.25) is 0 Å². The Morgan fingerprint density at radius 3 is 2.36 bits per heavy atom. The minimum absolute atomic E-state index is 0.143. The number of morpholine rings is 1. The van der Waals surface area contributed by atoms with E-state index < -0.39 is 19.9 Å². The van der Waals surface area contributed by atoms with E-state index in [1.165, 1.54) is 33.4 Å². The summed E-state index contributed by atoms with van der Waals surface area (Å²) in [5.74, 6) is 0.548. The van der Waals surface area contributed by atoms with Crippen molar-refractivity contribution in [1.82, 2.24) is 19.5 Å². The summed E-state index contributed by atoms with van der Waals surface area (Å²) in [5.41, 5.74) is 0.958. The van der Waals surface area contributed by atoms with Gasteiger partial charge in [-0.2, -0.15) is 4.31 Å². The number of aromatic nitrogens is 3. The first kappa shape index (κ1) is 23.4. The van der Waals surface area contributed by atoms with Crippen molar-refractivity contribution < 1.29 is 31.1 Å². The van der Waals surface area contributed by atoms with Crippen molar-refractivity contribution in [2.24, 2.45) is 0 Å². The molecule has 178 valence electrons. The highest BCUT2D eigenvalue weighted by molar-refractivity contribution is 7.90. The summed E-state index contributed by atoms with van der Waals surface area (Å²) >= 11 is 0. The van der Waals surface area contributed by atoms with Crippen LogP contribution in [0.15, 0.2) is 52.3 Å². The Kier molecular flexibility index (Phi) is 6.83. The van der Waals surface area contributed by atoms with Crippen LogP contribution in [0.5, 0.6) is 5.75 Å². The van der Waals surface area contributed by atoms with Crippen molar-refractivity contribution in [3.63, 3.8) is 0 Å². The van der Waals surface area contributed by atoms with Crippen molar-refractivity contribution in [3.05, 3.63) is 42.5 Å². The van der Waals surface area contributed by atoms with Gasteiger partial charge in [-0.05, 0) is 47.7 Å². The Morgan fingerprint density at radius 2 is 1.67 bits per heavy atom. The summed E-state index contributed by atoms with van der Waals surface area (Å²) in [4.78, 5) is 7.20. The number of fused-ring (bicyclic) bond motifs is 1. The van der Waals surface area contributed by atoms with Gasteiger partial charge in [-0.15, -0.1) is 5.10 Å².